The molecule has 9 heteroatoms. The van der Waals surface area contributed by atoms with Gasteiger partial charge in [-0.15, -0.1) is 0 Å². The van der Waals surface area contributed by atoms with Gasteiger partial charge in [0.2, 0.25) is 11.7 Å². The Morgan fingerprint density at radius 1 is 1.23 bits per heavy atom. The molecule has 1 aromatic carbocycles. The van der Waals surface area contributed by atoms with E-state index in [1.54, 1.807) is 0 Å². The van der Waals surface area contributed by atoms with Gasteiger partial charge in [0.15, 0.2) is 0 Å². The first kappa shape index (κ1) is 18.8. The highest BCUT2D eigenvalue weighted by Crippen LogP contribution is 2.32. The lowest BCUT2D eigenvalue weighted by molar-refractivity contribution is -0.137. The SMILES string of the molecule is C[C@@H](c1nc(-c2cccc(C(F)(F)F)c2)no1)N1CCN(CCO)CC1. The maximum atomic E-state index is 12.9. The van der Waals surface area contributed by atoms with Crippen molar-refractivity contribution in [1.82, 2.24) is 19.9 Å². The molecule has 1 fully saturated rings. The van der Waals surface area contributed by atoms with E-state index >= 15 is 0 Å². The number of aromatic nitrogens is 2. The van der Waals surface area contributed by atoms with Crippen LogP contribution in [0.3, 0.4) is 0 Å². The van der Waals surface area contributed by atoms with Crippen LogP contribution in [0, 0.1) is 0 Å². The molecule has 1 N–H and O–H groups in total. The monoisotopic (exact) mass is 370 g/mol. The number of hydrogen-bond donors (Lipinski definition) is 1. The van der Waals surface area contributed by atoms with Crippen molar-refractivity contribution in [1.29, 1.82) is 0 Å². The predicted octanol–water partition coefficient (Wildman–Crippen LogP) is 2.43. The van der Waals surface area contributed by atoms with Crippen molar-refractivity contribution in [3.05, 3.63) is 35.7 Å². The smallest absolute Gasteiger partial charge is 0.395 e. The molecule has 0 unspecified atom stereocenters. The fourth-order valence-corrected chi connectivity index (χ4v) is 3.03. The summed E-state index contributed by atoms with van der Waals surface area (Å²) < 4.78 is 43.9. The van der Waals surface area contributed by atoms with Crippen molar-refractivity contribution in [2.24, 2.45) is 0 Å². The molecule has 1 aliphatic heterocycles. The molecule has 26 heavy (non-hydrogen) atoms. The number of halogens is 3. The van der Waals surface area contributed by atoms with Gasteiger partial charge >= 0.3 is 6.18 Å². The molecule has 3 rings (SSSR count). The van der Waals surface area contributed by atoms with Gasteiger partial charge < -0.3 is 9.63 Å². The minimum Gasteiger partial charge on any atom is -0.395 e. The Hall–Kier alpha value is -1.97. The molecule has 0 aliphatic carbocycles. The first-order valence-corrected chi connectivity index (χ1v) is 8.47. The largest absolute Gasteiger partial charge is 0.416 e. The Bertz CT molecular complexity index is 727. The average molecular weight is 370 g/mol. The number of aliphatic hydroxyl groups is 1. The van der Waals surface area contributed by atoms with Gasteiger partial charge in [-0.3, -0.25) is 9.80 Å². The Kier molecular flexibility index (Phi) is 5.59. The van der Waals surface area contributed by atoms with Crippen LogP contribution < -0.4 is 0 Å². The van der Waals surface area contributed by atoms with E-state index in [-0.39, 0.29) is 24.0 Å². The predicted molar refractivity (Wildman–Crippen MR) is 88.2 cm³/mol. The van der Waals surface area contributed by atoms with Crippen LogP contribution in [0.4, 0.5) is 13.2 Å². The molecule has 142 valence electrons. The fraction of sp³-hybridized carbons (Fsp3) is 0.529. The highest BCUT2D eigenvalue weighted by molar-refractivity contribution is 5.55. The van der Waals surface area contributed by atoms with Crippen molar-refractivity contribution in [3.8, 4) is 11.4 Å². The molecule has 2 heterocycles. The van der Waals surface area contributed by atoms with Crippen LogP contribution in [0.25, 0.3) is 11.4 Å². The number of piperazine rings is 1. The third kappa shape index (κ3) is 4.22. The summed E-state index contributed by atoms with van der Waals surface area (Å²) >= 11 is 0. The van der Waals surface area contributed by atoms with E-state index in [9.17, 15) is 13.2 Å². The zero-order valence-corrected chi connectivity index (χ0v) is 14.4. The van der Waals surface area contributed by atoms with Gasteiger partial charge in [0.25, 0.3) is 0 Å². The van der Waals surface area contributed by atoms with Crippen LogP contribution in [0.15, 0.2) is 28.8 Å². The molecule has 0 amide bonds. The van der Waals surface area contributed by atoms with Crippen LogP contribution in [0.1, 0.15) is 24.4 Å². The summed E-state index contributed by atoms with van der Waals surface area (Å²) in [7, 11) is 0. The van der Waals surface area contributed by atoms with Gasteiger partial charge in [0, 0.05) is 38.3 Å². The molecular formula is C17H21F3N4O2. The van der Waals surface area contributed by atoms with Gasteiger partial charge in [-0.1, -0.05) is 17.3 Å². The molecule has 0 spiro atoms. The lowest BCUT2D eigenvalue weighted by Crippen LogP contribution is -2.47. The summed E-state index contributed by atoms with van der Waals surface area (Å²) in [5.41, 5.74) is -0.468. The third-order valence-electron chi connectivity index (χ3n) is 4.62. The standard InChI is InChI=1S/C17H21F3N4O2/c1-12(24-7-5-23(6-8-24)9-10-25)16-21-15(22-26-16)13-3-2-4-14(11-13)17(18,19)20/h2-4,11-12,25H,5-10H2,1H3/t12-/m0/s1. The Morgan fingerprint density at radius 2 is 1.96 bits per heavy atom. The highest BCUT2D eigenvalue weighted by Gasteiger charge is 2.31. The summed E-state index contributed by atoms with van der Waals surface area (Å²) in [5, 5.41) is 12.8. The minimum absolute atomic E-state index is 0.127. The first-order valence-electron chi connectivity index (χ1n) is 8.47. The summed E-state index contributed by atoms with van der Waals surface area (Å²) in [6.45, 7) is 5.98. The van der Waals surface area contributed by atoms with Crippen LogP contribution >= 0.6 is 0 Å². The second kappa shape index (κ2) is 7.73. The summed E-state index contributed by atoms with van der Waals surface area (Å²) in [6, 6.07) is 4.77. The summed E-state index contributed by atoms with van der Waals surface area (Å²) in [5.74, 6) is 0.532. The minimum atomic E-state index is -4.41. The average Bonchev–Trinajstić information content (AvgIpc) is 3.12. The van der Waals surface area contributed by atoms with Gasteiger partial charge in [0.1, 0.15) is 0 Å². The molecule has 0 radical (unpaired) electrons. The molecule has 0 saturated carbocycles. The van der Waals surface area contributed by atoms with E-state index in [1.807, 2.05) is 6.92 Å². The second-order valence-corrected chi connectivity index (χ2v) is 6.31. The van der Waals surface area contributed by atoms with E-state index in [4.69, 9.17) is 9.63 Å². The van der Waals surface area contributed by atoms with Gasteiger partial charge in [-0.05, 0) is 19.1 Å². The van der Waals surface area contributed by atoms with E-state index in [0.717, 1.165) is 38.3 Å². The van der Waals surface area contributed by atoms with Gasteiger partial charge in [-0.2, -0.15) is 18.2 Å². The van der Waals surface area contributed by atoms with Gasteiger partial charge in [-0.25, -0.2) is 0 Å². The molecule has 1 aliphatic rings. The Balaban J connectivity index is 1.70. The van der Waals surface area contributed by atoms with E-state index in [1.165, 1.54) is 12.1 Å². The molecule has 2 aromatic rings. The molecule has 1 atom stereocenters. The number of β-amino-alcohol motifs (C(OH)–C–C–N with tert-alkyl or cyclic N) is 1. The van der Waals surface area contributed by atoms with Crippen LogP contribution in [0.2, 0.25) is 0 Å². The highest BCUT2D eigenvalue weighted by atomic mass is 19.4. The fourth-order valence-electron chi connectivity index (χ4n) is 3.03. The molecule has 1 saturated heterocycles. The normalized spacial score (nSPS) is 18.2. The van der Waals surface area contributed by atoms with E-state index in [2.05, 4.69) is 19.9 Å². The van der Waals surface area contributed by atoms with Crippen LogP contribution in [-0.4, -0.2) is 64.4 Å². The number of benzene rings is 1. The lowest BCUT2D eigenvalue weighted by atomic mass is 10.1. The third-order valence-corrected chi connectivity index (χ3v) is 4.62. The van der Waals surface area contributed by atoms with Crippen molar-refractivity contribution in [2.45, 2.75) is 19.1 Å². The van der Waals surface area contributed by atoms with Crippen molar-refractivity contribution in [3.63, 3.8) is 0 Å². The van der Waals surface area contributed by atoms with E-state index < -0.39 is 11.7 Å². The Labute approximate surface area is 149 Å². The van der Waals surface area contributed by atoms with Crippen LogP contribution in [0.5, 0.6) is 0 Å². The number of aliphatic hydroxyl groups excluding tert-OH is 1. The number of nitrogens with zero attached hydrogens (tertiary/aromatic N) is 4. The number of rotatable bonds is 5. The maximum absolute atomic E-state index is 12.9. The maximum Gasteiger partial charge on any atom is 0.416 e. The van der Waals surface area contributed by atoms with Crippen molar-refractivity contribution >= 4 is 0 Å². The lowest BCUT2D eigenvalue weighted by Gasteiger charge is -2.36. The molecule has 0 bridgehead atoms. The topological polar surface area (TPSA) is 65.6 Å². The summed E-state index contributed by atoms with van der Waals surface area (Å²) in [4.78, 5) is 8.64. The molecule has 6 nitrogen and oxygen atoms in total. The quantitative estimate of drug-likeness (QED) is 0.872. The van der Waals surface area contributed by atoms with Crippen LogP contribution in [-0.2, 0) is 6.18 Å². The van der Waals surface area contributed by atoms with E-state index in [0.29, 0.717) is 12.4 Å². The first-order chi connectivity index (χ1) is 12.4. The molecule has 1 aromatic heterocycles. The summed E-state index contributed by atoms with van der Waals surface area (Å²) in [6.07, 6.45) is -4.41. The number of hydrogen-bond acceptors (Lipinski definition) is 6. The number of alkyl halides is 3. The van der Waals surface area contributed by atoms with Gasteiger partial charge in [0.05, 0.1) is 18.2 Å². The zero-order chi connectivity index (χ0) is 18.7. The van der Waals surface area contributed by atoms with Crippen molar-refractivity contribution in [2.75, 3.05) is 39.3 Å². The Morgan fingerprint density at radius 3 is 2.62 bits per heavy atom. The zero-order valence-electron chi connectivity index (χ0n) is 14.4. The van der Waals surface area contributed by atoms with Crippen molar-refractivity contribution < 1.29 is 22.8 Å². The second-order valence-electron chi connectivity index (χ2n) is 6.31. The molecular weight excluding hydrogens is 349 g/mol.